The molecule has 2 heterocycles. The van der Waals surface area contributed by atoms with Crippen LogP contribution in [0.2, 0.25) is 0 Å². The van der Waals surface area contributed by atoms with Crippen LogP contribution in [-0.4, -0.2) is 56.4 Å². The van der Waals surface area contributed by atoms with E-state index < -0.39 is 28.4 Å². The number of hydrazone groups is 1. The molecule has 0 radical (unpaired) electrons. The molecule has 9 heteroatoms. The van der Waals surface area contributed by atoms with Gasteiger partial charge in [0.2, 0.25) is 10.0 Å². The largest absolute Gasteiger partial charge is 0.454 e. The summed E-state index contributed by atoms with van der Waals surface area (Å²) in [5, 5.41) is 6.30. The van der Waals surface area contributed by atoms with E-state index in [1.165, 1.54) is 28.6 Å². The molecule has 2 aromatic carbocycles. The van der Waals surface area contributed by atoms with E-state index in [9.17, 15) is 18.0 Å². The lowest BCUT2D eigenvalue weighted by molar-refractivity contribution is 0.0475. The van der Waals surface area contributed by atoms with Gasteiger partial charge in [0, 0.05) is 37.3 Å². The topological polar surface area (TPSA) is 96.4 Å². The normalized spacial score (nSPS) is 16.8. The zero-order valence-corrected chi connectivity index (χ0v) is 18.7. The zero-order valence-electron chi connectivity index (χ0n) is 17.9. The van der Waals surface area contributed by atoms with E-state index in [1.807, 2.05) is 11.9 Å². The number of anilines is 1. The van der Waals surface area contributed by atoms with Crippen molar-refractivity contribution < 1.29 is 22.7 Å². The third-order valence-electron chi connectivity index (χ3n) is 5.59. The highest BCUT2D eigenvalue weighted by molar-refractivity contribution is 7.89. The number of nitrogens with zero attached hydrogens (tertiary/aromatic N) is 3. The average molecular weight is 456 g/mol. The fourth-order valence-corrected chi connectivity index (χ4v) is 5.24. The molecule has 0 saturated carbocycles. The highest BCUT2D eigenvalue weighted by atomic mass is 32.2. The maximum absolute atomic E-state index is 12.6. The van der Waals surface area contributed by atoms with Gasteiger partial charge in [0.15, 0.2) is 12.4 Å². The van der Waals surface area contributed by atoms with E-state index in [0.29, 0.717) is 18.7 Å². The number of benzene rings is 2. The van der Waals surface area contributed by atoms with Crippen LogP contribution in [0.5, 0.6) is 0 Å². The Morgan fingerprint density at radius 2 is 1.56 bits per heavy atom. The molecule has 1 fully saturated rings. The highest BCUT2D eigenvalue weighted by Crippen LogP contribution is 2.22. The van der Waals surface area contributed by atoms with Gasteiger partial charge in [-0.1, -0.05) is 0 Å². The monoisotopic (exact) mass is 455 g/mol. The predicted octanol–water partition coefficient (Wildman–Crippen LogP) is 3.10. The number of carbonyl (C=O) groups excluding carboxylic acids is 2. The first-order valence-electron chi connectivity index (χ1n) is 10.6. The van der Waals surface area contributed by atoms with Gasteiger partial charge in [-0.15, -0.1) is 0 Å². The van der Waals surface area contributed by atoms with Gasteiger partial charge in [0.1, 0.15) is 0 Å². The minimum atomic E-state index is -3.53. The molecule has 0 bridgehead atoms. The minimum Gasteiger partial charge on any atom is -0.454 e. The molecule has 8 nitrogen and oxygen atoms in total. The Bertz CT molecular complexity index is 1140. The van der Waals surface area contributed by atoms with Gasteiger partial charge in [-0.3, -0.25) is 9.80 Å². The van der Waals surface area contributed by atoms with Gasteiger partial charge < -0.3 is 4.74 Å². The number of Topliss-reactive ketones (excluding diaryl/α,β-unsaturated/α-hetero) is 1. The lowest BCUT2D eigenvalue weighted by atomic mass is 10.1. The summed E-state index contributed by atoms with van der Waals surface area (Å²) in [5.41, 5.74) is 2.58. The van der Waals surface area contributed by atoms with Crippen molar-refractivity contribution in [2.24, 2.45) is 5.10 Å². The third-order valence-corrected chi connectivity index (χ3v) is 7.50. The van der Waals surface area contributed by atoms with Crippen LogP contribution in [0, 0.1) is 0 Å². The second kappa shape index (κ2) is 9.22. The molecule has 2 aliphatic rings. The molecular formula is C23H25N3O5S. The molecule has 2 aromatic rings. The van der Waals surface area contributed by atoms with E-state index in [-0.39, 0.29) is 10.5 Å². The van der Waals surface area contributed by atoms with Crippen LogP contribution < -0.4 is 5.01 Å². The number of carbonyl (C=O) groups is 2. The summed E-state index contributed by atoms with van der Waals surface area (Å²) in [6.07, 6.45) is 2.63. The molecule has 0 spiro atoms. The molecule has 0 aliphatic carbocycles. The number of sulfonamides is 1. The van der Waals surface area contributed by atoms with Crippen molar-refractivity contribution in [2.45, 2.75) is 31.1 Å². The molecule has 1 saturated heterocycles. The summed E-state index contributed by atoms with van der Waals surface area (Å²) < 4.78 is 31.7. The highest BCUT2D eigenvalue weighted by Gasteiger charge is 2.27. The maximum atomic E-state index is 12.6. The minimum absolute atomic E-state index is 0.158. The SMILES string of the molecule is CC1=NN(c2ccc(C(=O)OCC(=O)c3ccc(S(=O)(=O)N4CCCC4)cc3)cc2)CC1. The van der Waals surface area contributed by atoms with Crippen LogP contribution >= 0.6 is 0 Å². The third kappa shape index (κ3) is 4.73. The summed E-state index contributed by atoms with van der Waals surface area (Å²) in [4.78, 5) is 24.9. The van der Waals surface area contributed by atoms with Gasteiger partial charge in [0.05, 0.1) is 16.1 Å². The first-order chi connectivity index (χ1) is 15.3. The summed E-state index contributed by atoms with van der Waals surface area (Å²) in [7, 11) is -3.53. The molecule has 0 aromatic heterocycles. The molecule has 0 unspecified atom stereocenters. The molecule has 0 atom stereocenters. The van der Waals surface area contributed by atoms with Gasteiger partial charge in [-0.25, -0.2) is 13.2 Å². The number of rotatable bonds is 7. The van der Waals surface area contributed by atoms with Crippen molar-refractivity contribution in [1.82, 2.24) is 4.31 Å². The fraction of sp³-hybridized carbons (Fsp3) is 0.348. The van der Waals surface area contributed by atoms with Crippen molar-refractivity contribution in [1.29, 1.82) is 0 Å². The van der Waals surface area contributed by atoms with Crippen LogP contribution in [0.4, 0.5) is 5.69 Å². The van der Waals surface area contributed by atoms with Crippen LogP contribution in [0.3, 0.4) is 0 Å². The Hall–Kier alpha value is -3.04. The predicted molar refractivity (Wildman–Crippen MR) is 121 cm³/mol. The molecule has 168 valence electrons. The van der Waals surface area contributed by atoms with Crippen molar-refractivity contribution in [3.05, 3.63) is 59.7 Å². The summed E-state index contributed by atoms with van der Waals surface area (Å²) in [6, 6.07) is 12.6. The van der Waals surface area contributed by atoms with Crippen LogP contribution in [0.25, 0.3) is 0 Å². The lowest BCUT2D eigenvalue weighted by Gasteiger charge is -2.15. The number of hydrogen-bond acceptors (Lipinski definition) is 7. The summed E-state index contributed by atoms with van der Waals surface area (Å²) >= 11 is 0. The zero-order chi connectivity index (χ0) is 22.7. The van der Waals surface area contributed by atoms with Gasteiger partial charge in [-0.2, -0.15) is 9.41 Å². The molecule has 2 aliphatic heterocycles. The number of ether oxygens (including phenoxy) is 1. The first-order valence-corrected chi connectivity index (χ1v) is 12.0. The van der Waals surface area contributed by atoms with Gasteiger partial charge in [-0.05, 0) is 68.3 Å². The molecule has 0 N–H and O–H groups in total. The Labute approximate surface area is 187 Å². The van der Waals surface area contributed by atoms with Crippen molar-refractivity contribution in [2.75, 3.05) is 31.3 Å². The Balaban J connectivity index is 1.33. The van der Waals surface area contributed by atoms with E-state index in [2.05, 4.69) is 5.10 Å². The molecule has 4 rings (SSSR count). The molecule has 32 heavy (non-hydrogen) atoms. The average Bonchev–Trinajstić information content (AvgIpc) is 3.50. The Kier molecular flexibility index (Phi) is 6.38. The van der Waals surface area contributed by atoms with E-state index >= 15 is 0 Å². The van der Waals surface area contributed by atoms with E-state index in [1.54, 1.807) is 24.3 Å². The molecular weight excluding hydrogens is 430 g/mol. The van der Waals surface area contributed by atoms with E-state index in [0.717, 1.165) is 37.2 Å². The van der Waals surface area contributed by atoms with Crippen LogP contribution in [0.15, 0.2) is 58.5 Å². The number of esters is 1. The number of hydrogen-bond donors (Lipinski definition) is 0. The van der Waals surface area contributed by atoms with Crippen molar-refractivity contribution in [3.63, 3.8) is 0 Å². The first kappa shape index (κ1) is 22.2. The Morgan fingerprint density at radius 1 is 0.938 bits per heavy atom. The second-order valence-electron chi connectivity index (χ2n) is 7.89. The fourth-order valence-electron chi connectivity index (χ4n) is 3.72. The van der Waals surface area contributed by atoms with Gasteiger partial charge >= 0.3 is 5.97 Å². The van der Waals surface area contributed by atoms with E-state index in [4.69, 9.17) is 4.74 Å². The summed E-state index contributed by atoms with van der Waals surface area (Å²) in [6.45, 7) is 3.40. The van der Waals surface area contributed by atoms with Crippen molar-refractivity contribution in [3.8, 4) is 0 Å². The van der Waals surface area contributed by atoms with Crippen LogP contribution in [0.1, 0.15) is 46.9 Å². The lowest BCUT2D eigenvalue weighted by Crippen LogP contribution is -2.27. The Morgan fingerprint density at radius 3 is 2.16 bits per heavy atom. The van der Waals surface area contributed by atoms with Crippen LogP contribution in [-0.2, 0) is 14.8 Å². The quantitative estimate of drug-likeness (QED) is 0.470. The smallest absolute Gasteiger partial charge is 0.338 e. The second-order valence-corrected chi connectivity index (χ2v) is 9.83. The molecule has 0 amide bonds. The summed E-state index contributed by atoms with van der Waals surface area (Å²) in [5.74, 6) is -0.999. The van der Waals surface area contributed by atoms with Gasteiger partial charge in [0.25, 0.3) is 0 Å². The maximum Gasteiger partial charge on any atom is 0.338 e. The number of ketones is 1. The van der Waals surface area contributed by atoms with Crippen molar-refractivity contribution >= 4 is 33.2 Å². The standard InChI is InChI=1S/C23H25N3O5S/c1-17-12-15-26(24-17)20-8-4-19(5-9-20)23(28)31-16-22(27)18-6-10-21(11-7-18)32(29,30)25-13-2-3-14-25/h4-11H,2-3,12-16H2,1H3.